The van der Waals surface area contributed by atoms with Gasteiger partial charge in [0.05, 0.1) is 19.4 Å². The Morgan fingerprint density at radius 2 is 1.88 bits per heavy atom. The average Bonchev–Trinajstić information content (AvgIpc) is 3.45. The normalized spacial score (nSPS) is 18.5. The molecule has 1 N–H and O–H groups in total. The molecule has 1 aliphatic carbocycles. The van der Waals surface area contributed by atoms with Gasteiger partial charge in [0, 0.05) is 51.0 Å². The molecule has 1 unspecified atom stereocenters. The first kappa shape index (κ1) is 24.1. The highest BCUT2D eigenvalue weighted by atomic mass is 19.4. The summed E-state index contributed by atoms with van der Waals surface area (Å²) in [5, 5.41) is 12.0. The fourth-order valence-corrected chi connectivity index (χ4v) is 3.74. The van der Waals surface area contributed by atoms with Crippen molar-refractivity contribution < 1.29 is 32.5 Å². The van der Waals surface area contributed by atoms with Crippen LogP contribution < -0.4 is 4.74 Å². The van der Waals surface area contributed by atoms with Crippen molar-refractivity contribution in [2.45, 2.75) is 44.6 Å². The van der Waals surface area contributed by atoms with Gasteiger partial charge in [-0.05, 0) is 36.5 Å². The molecule has 0 spiro atoms. The highest BCUT2D eigenvalue weighted by molar-refractivity contribution is 5.73. The van der Waals surface area contributed by atoms with Crippen LogP contribution in [0.4, 0.5) is 13.2 Å². The van der Waals surface area contributed by atoms with E-state index in [9.17, 15) is 13.2 Å². The number of nitrogens with zero attached hydrogens (tertiary/aromatic N) is 3. The Hall–Kier alpha value is -2.59. The van der Waals surface area contributed by atoms with Gasteiger partial charge in [0.15, 0.2) is 0 Å². The van der Waals surface area contributed by atoms with Gasteiger partial charge in [0.1, 0.15) is 5.75 Å². The topological polar surface area (TPSA) is 76.8 Å². The van der Waals surface area contributed by atoms with E-state index in [1.807, 2.05) is 12.1 Å². The predicted octanol–water partition coefficient (Wildman–Crippen LogP) is 3.68. The van der Waals surface area contributed by atoms with Crippen LogP contribution >= 0.6 is 0 Å². The first-order chi connectivity index (χ1) is 15.2. The van der Waals surface area contributed by atoms with Crippen LogP contribution in [0.2, 0.25) is 0 Å². The van der Waals surface area contributed by atoms with E-state index in [4.69, 9.17) is 24.5 Å². The number of halogens is 3. The second-order valence-corrected chi connectivity index (χ2v) is 8.17. The van der Waals surface area contributed by atoms with E-state index in [1.165, 1.54) is 29.7 Å². The van der Waals surface area contributed by atoms with Crippen molar-refractivity contribution in [2.75, 3.05) is 27.4 Å². The van der Waals surface area contributed by atoms with E-state index in [0.717, 1.165) is 44.5 Å². The lowest BCUT2D eigenvalue weighted by molar-refractivity contribution is -0.192. The zero-order chi connectivity index (χ0) is 23.3. The molecule has 2 aliphatic rings. The molecule has 4 rings (SSSR count). The van der Waals surface area contributed by atoms with E-state index >= 15 is 0 Å². The molecule has 7 nitrogen and oxygen atoms in total. The second kappa shape index (κ2) is 10.4. The number of carboxylic acid groups (broad SMARTS) is 1. The van der Waals surface area contributed by atoms with Gasteiger partial charge in [-0.25, -0.2) is 4.79 Å². The van der Waals surface area contributed by atoms with Crippen LogP contribution in [0.15, 0.2) is 30.5 Å². The summed E-state index contributed by atoms with van der Waals surface area (Å²) in [7, 11) is 3.49. The Balaban J connectivity index is 0.000000360. The van der Waals surface area contributed by atoms with Crippen LogP contribution in [0.5, 0.6) is 5.75 Å². The van der Waals surface area contributed by atoms with Crippen molar-refractivity contribution in [3.05, 3.63) is 47.3 Å². The number of carboxylic acids is 1. The van der Waals surface area contributed by atoms with Crippen molar-refractivity contribution >= 4 is 5.97 Å². The van der Waals surface area contributed by atoms with Crippen LogP contribution in [-0.2, 0) is 29.2 Å². The number of ether oxygens (including phenoxy) is 2. The van der Waals surface area contributed by atoms with E-state index < -0.39 is 12.1 Å². The molecule has 0 bridgehead atoms. The quantitative estimate of drug-likeness (QED) is 0.687. The number of alkyl halides is 3. The maximum absolute atomic E-state index is 10.6. The third-order valence-corrected chi connectivity index (χ3v) is 5.48. The van der Waals surface area contributed by atoms with Gasteiger partial charge >= 0.3 is 12.1 Å². The van der Waals surface area contributed by atoms with Crippen LogP contribution in [0.25, 0.3) is 0 Å². The molecular formula is C22H28F3N3O4. The smallest absolute Gasteiger partial charge is 0.490 e. The van der Waals surface area contributed by atoms with Crippen LogP contribution in [0.1, 0.15) is 35.6 Å². The maximum Gasteiger partial charge on any atom is 0.490 e. The van der Waals surface area contributed by atoms with Crippen molar-refractivity contribution in [2.24, 2.45) is 5.92 Å². The van der Waals surface area contributed by atoms with Gasteiger partial charge in [-0.3, -0.25) is 9.58 Å². The Morgan fingerprint density at radius 3 is 2.41 bits per heavy atom. The Morgan fingerprint density at radius 1 is 1.22 bits per heavy atom. The minimum atomic E-state index is -5.08. The van der Waals surface area contributed by atoms with E-state index in [-0.39, 0.29) is 0 Å². The van der Waals surface area contributed by atoms with Gasteiger partial charge < -0.3 is 14.6 Å². The number of rotatable bonds is 7. The molecule has 1 fully saturated rings. The monoisotopic (exact) mass is 455 g/mol. The molecule has 0 amide bonds. The third kappa shape index (κ3) is 6.70. The Bertz CT molecular complexity index is 895. The largest absolute Gasteiger partial charge is 0.497 e. The fraction of sp³-hybridized carbons (Fsp3) is 0.545. The Kier molecular flexibility index (Phi) is 7.78. The first-order valence-electron chi connectivity index (χ1n) is 10.4. The molecule has 0 saturated heterocycles. The summed E-state index contributed by atoms with van der Waals surface area (Å²) >= 11 is 0. The van der Waals surface area contributed by atoms with Gasteiger partial charge in [-0.1, -0.05) is 12.1 Å². The highest BCUT2D eigenvalue weighted by Gasteiger charge is 2.38. The third-order valence-electron chi connectivity index (χ3n) is 5.48. The number of aromatic nitrogens is 2. The van der Waals surface area contributed by atoms with Gasteiger partial charge in [0.25, 0.3) is 0 Å². The molecule has 1 aliphatic heterocycles. The summed E-state index contributed by atoms with van der Waals surface area (Å²) in [6.07, 6.45) is -0.104. The first-order valence-corrected chi connectivity index (χ1v) is 10.4. The lowest BCUT2D eigenvalue weighted by Gasteiger charge is -2.31. The van der Waals surface area contributed by atoms with Crippen molar-refractivity contribution in [3.8, 4) is 5.75 Å². The molecule has 0 radical (unpaired) electrons. The summed E-state index contributed by atoms with van der Waals surface area (Å²) in [5.74, 6) is -0.606. The summed E-state index contributed by atoms with van der Waals surface area (Å²) in [4.78, 5) is 11.4. The molecule has 176 valence electrons. The van der Waals surface area contributed by atoms with Crippen LogP contribution in [-0.4, -0.2) is 59.3 Å². The number of benzene rings is 1. The number of hydrogen-bond acceptors (Lipinski definition) is 5. The number of methoxy groups -OCH3 is 2. The van der Waals surface area contributed by atoms with Crippen molar-refractivity contribution in [1.82, 2.24) is 14.7 Å². The van der Waals surface area contributed by atoms with Crippen molar-refractivity contribution in [1.29, 1.82) is 0 Å². The number of hydrogen-bond donors (Lipinski definition) is 1. The molecule has 10 heteroatoms. The molecule has 1 aromatic carbocycles. The number of fused-ring (bicyclic) bond motifs is 1. The lowest BCUT2D eigenvalue weighted by Crippen LogP contribution is -2.34. The standard InChI is InChI=1S/C20H27N3O2.C2HF3O2/c1-24-14-17-11-22(9-15-5-7-18(25-2)8-6-15)13-20-19(17)12-23(21-20)10-16-3-4-16;3-2(4,5)1(6)7/h5-8,12,16-17H,3-4,9-11,13-14H2,1-2H3;(H,6,7). The minimum Gasteiger partial charge on any atom is -0.497 e. The van der Waals surface area contributed by atoms with Crippen molar-refractivity contribution in [3.63, 3.8) is 0 Å². The van der Waals surface area contributed by atoms with E-state index in [2.05, 4.69) is 27.9 Å². The molecule has 2 heterocycles. The summed E-state index contributed by atoms with van der Waals surface area (Å²) in [5.41, 5.74) is 3.91. The minimum absolute atomic E-state index is 0.403. The number of aliphatic carboxylic acids is 1. The molecule has 2 aromatic rings. The van der Waals surface area contributed by atoms with E-state index in [0.29, 0.717) is 5.92 Å². The predicted molar refractivity (Wildman–Crippen MR) is 110 cm³/mol. The number of carbonyl (C=O) groups is 1. The zero-order valence-electron chi connectivity index (χ0n) is 18.1. The molecular weight excluding hydrogens is 427 g/mol. The van der Waals surface area contributed by atoms with E-state index in [1.54, 1.807) is 14.2 Å². The molecule has 1 atom stereocenters. The summed E-state index contributed by atoms with van der Waals surface area (Å²) in [6, 6.07) is 8.35. The van der Waals surface area contributed by atoms with Gasteiger partial charge in [-0.2, -0.15) is 18.3 Å². The highest BCUT2D eigenvalue weighted by Crippen LogP contribution is 2.33. The Labute approximate surface area is 184 Å². The van der Waals surface area contributed by atoms with Gasteiger partial charge in [-0.15, -0.1) is 0 Å². The molecule has 32 heavy (non-hydrogen) atoms. The SMILES string of the molecule is COCC1CN(Cc2ccc(OC)cc2)Cc2nn(CC3CC3)cc21.O=C(O)C(F)(F)F. The maximum atomic E-state index is 10.6. The zero-order valence-corrected chi connectivity index (χ0v) is 18.1. The van der Waals surface area contributed by atoms with Crippen LogP contribution in [0.3, 0.4) is 0 Å². The second-order valence-electron chi connectivity index (χ2n) is 8.17. The van der Waals surface area contributed by atoms with Crippen LogP contribution in [0, 0.1) is 5.92 Å². The molecule has 1 aromatic heterocycles. The summed E-state index contributed by atoms with van der Waals surface area (Å²) in [6.45, 7) is 4.69. The average molecular weight is 455 g/mol. The van der Waals surface area contributed by atoms with Gasteiger partial charge in [0.2, 0.25) is 0 Å². The summed E-state index contributed by atoms with van der Waals surface area (Å²) < 4.78 is 44.6. The molecule has 1 saturated carbocycles. The fourth-order valence-electron chi connectivity index (χ4n) is 3.74. The lowest BCUT2D eigenvalue weighted by atomic mass is 9.95.